The molecule has 0 aliphatic carbocycles. The van der Waals surface area contributed by atoms with Crippen LogP contribution in [0.25, 0.3) is 0 Å². The minimum absolute atomic E-state index is 0.0651. The molecule has 1 aromatic carbocycles. The molecule has 0 spiro atoms. The first-order valence-corrected chi connectivity index (χ1v) is 8.97. The Morgan fingerprint density at radius 1 is 1.12 bits per heavy atom. The zero-order valence-corrected chi connectivity index (χ0v) is 15.3. The van der Waals surface area contributed by atoms with Gasteiger partial charge in [0, 0.05) is 31.3 Å². The second kappa shape index (κ2) is 8.40. The molecule has 0 radical (unpaired) electrons. The molecule has 5 nitrogen and oxygen atoms in total. The number of rotatable bonds is 6. The lowest BCUT2D eigenvalue weighted by molar-refractivity contribution is 0.295. The zero-order valence-electron chi connectivity index (χ0n) is 15.3. The van der Waals surface area contributed by atoms with Crippen molar-refractivity contribution in [3.8, 4) is 0 Å². The van der Waals surface area contributed by atoms with Crippen molar-refractivity contribution < 1.29 is 8.78 Å². The first-order valence-electron chi connectivity index (χ1n) is 8.97. The standard InChI is InChI=1S/C19H25F2N5/c1-25(2)16(19-14(20)7-6-8-15(19)21)12-22-17-11-18(24-13-23-17)26-9-4-3-5-10-26/h6-8,11,13,16H,3-5,9-10,12H2,1-2H3,(H,22,23,24). The summed E-state index contributed by atoms with van der Waals surface area (Å²) in [5, 5.41) is 3.21. The molecule has 1 aliphatic rings. The molecule has 1 N–H and O–H groups in total. The van der Waals surface area contributed by atoms with Gasteiger partial charge >= 0.3 is 0 Å². The number of hydrogen-bond donors (Lipinski definition) is 1. The van der Waals surface area contributed by atoms with Crippen molar-refractivity contribution in [2.75, 3.05) is 43.9 Å². The lowest BCUT2D eigenvalue weighted by Gasteiger charge is -2.28. The number of nitrogens with zero attached hydrogens (tertiary/aromatic N) is 4. The van der Waals surface area contributed by atoms with Crippen LogP contribution in [-0.4, -0.2) is 48.6 Å². The van der Waals surface area contributed by atoms with Crippen LogP contribution in [0.3, 0.4) is 0 Å². The van der Waals surface area contributed by atoms with Gasteiger partial charge < -0.3 is 15.1 Å². The third kappa shape index (κ3) is 4.27. The van der Waals surface area contributed by atoms with Gasteiger partial charge in [-0.3, -0.25) is 0 Å². The monoisotopic (exact) mass is 361 g/mol. The number of piperidine rings is 1. The van der Waals surface area contributed by atoms with Crippen molar-refractivity contribution in [2.24, 2.45) is 0 Å². The molecule has 2 aromatic rings. The van der Waals surface area contributed by atoms with Crippen molar-refractivity contribution in [1.82, 2.24) is 14.9 Å². The SMILES string of the molecule is CN(C)C(CNc1cc(N2CCCCC2)ncn1)c1c(F)cccc1F. The maximum Gasteiger partial charge on any atom is 0.134 e. The van der Waals surface area contributed by atoms with Gasteiger partial charge in [0.25, 0.3) is 0 Å². The highest BCUT2D eigenvalue weighted by Crippen LogP contribution is 2.25. The Morgan fingerprint density at radius 2 is 1.81 bits per heavy atom. The molecule has 1 fully saturated rings. The van der Waals surface area contributed by atoms with E-state index in [4.69, 9.17) is 0 Å². The number of hydrogen-bond acceptors (Lipinski definition) is 5. The van der Waals surface area contributed by atoms with Gasteiger partial charge in [-0.25, -0.2) is 18.7 Å². The van der Waals surface area contributed by atoms with Crippen LogP contribution in [0.15, 0.2) is 30.6 Å². The number of halogens is 2. The smallest absolute Gasteiger partial charge is 0.134 e. The summed E-state index contributed by atoms with van der Waals surface area (Å²) in [7, 11) is 3.61. The fraction of sp³-hybridized carbons (Fsp3) is 0.474. The molecule has 1 unspecified atom stereocenters. The molecule has 1 aromatic heterocycles. The quantitative estimate of drug-likeness (QED) is 0.854. The lowest BCUT2D eigenvalue weighted by atomic mass is 10.0. The van der Waals surface area contributed by atoms with E-state index in [9.17, 15) is 8.78 Å². The molecule has 3 rings (SSSR count). The second-order valence-corrected chi connectivity index (χ2v) is 6.80. The van der Waals surface area contributed by atoms with Gasteiger partial charge in [-0.15, -0.1) is 0 Å². The predicted molar refractivity (Wildman–Crippen MR) is 99.4 cm³/mol. The highest BCUT2D eigenvalue weighted by atomic mass is 19.1. The Morgan fingerprint density at radius 3 is 2.46 bits per heavy atom. The van der Waals surface area contributed by atoms with Crippen LogP contribution in [0.5, 0.6) is 0 Å². The Hall–Kier alpha value is -2.28. The molecule has 7 heteroatoms. The van der Waals surface area contributed by atoms with Crippen LogP contribution in [-0.2, 0) is 0 Å². The van der Waals surface area contributed by atoms with Crippen molar-refractivity contribution in [2.45, 2.75) is 25.3 Å². The molecular formula is C19H25F2N5. The molecule has 0 amide bonds. The minimum atomic E-state index is -0.540. The van der Waals surface area contributed by atoms with E-state index in [1.165, 1.54) is 43.8 Å². The maximum atomic E-state index is 14.2. The van der Waals surface area contributed by atoms with E-state index in [1.54, 1.807) is 19.0 Å². The van der Waals surface area contributed by atoms with E-state index in [2.05, 4.69) is 20.2 Å². The predicted octanol–water partition coefficient (Wildman–Crippen LogP) is 3.46. The summed E-state index contributed by atoms with van der Waals surface area (Å²) in [5.74, 6) is 0.467. The minimum Gasteiger partial charge on any atom is -0.368 e. The molecule has 1 aliphatic heterocycles. The number of benzene rings is 1. The first kappa shape index (κ1) is 18.5. The van der Waals surface area contributed by atoms with E-state index in [0.29, 0.717) is 12.4 Å². The lowest BCUT2D eigenvalue weighted by Crippen LogP contribution is -2.31. The average molecular weight is 361 g/mol. The summed E-state index contributed by atoms with van der Waals surface area (Å²) in [4.78, 5) is 12.6. The molecule has 0 bridgehead atoms. The summed E-state index contributed by atoms with van der Waals surface area (Å²) in [6, 6.07) is 5.39. The molecule has 2 heterocycles. The van der Waals surface area contributed by atoms with E-state index < -0.39 is 17.7 Å². The Bertz CT molecular complexity index is 711. The Labute approximate surface area is 153 Å². The molecule has 1 atom stereocenters. The van der Waals surface area contributed by atoms with Crippen molar-refractivity contribution in [3.05, 3.63) is 47.8 Å². The van der Waals surface area contributed by atoms with Crippen LogP contribution in [0.2, 0.25) is 0 Å². The third-order valence-electron chi connectivity index (χ3n) is 4.77. The summed E-state index contributed by atoms with van der Waals surface area (Å²) in [6.45, 7) is 2.33. The van der Waals surface area contributed by atoms with Crippen LogP contribution >= 0.6 is 0 Å². The van der Waals surface area contributed by atoms with Crippen LogP contribution in [0.4, 0.5) is 20.4 Å². The summed E-state index contributed by atoms with van der Waals surface area (Å²) >= 11 is 0. The summed E-state index contributed by atoms with van der Waals surface area (Å²) in [6.07, 6.45) is 5.12. The van der Waals surface area contributed by atoms with E-state index in [0.717, 1.165) is 18.9 Å². The maximum absolute atomic E-state index is 14.2. The number of aromatic nitrogens is 2. The molecule has 140 valence electrons. The van der Waals surface area contributed by atoms with E-state index in [1.807, 2.05) is 6.07 Å². The highest BCUT2D eigenvalue weighted by molar-refractivity contribution is 5.48. The fourth-order valence-corrected chi connectivity index (χ4v) is 3.31. The summed E-state index contributed by atoms with van der Waals surface area (Å²) < 4.78 is 28.3. The zero-order chi connectivity index (χ0) is 18.5. The third-order valence-corrected chi connectivity index (χ3v) is 4.77. The number of anilines is 2. The van der Waals surface area contributed by atoms with E-state index in [-0.39, 0.29) is 5.56 Å². The fourth-order valence-electron chi connectivity index (χ4n) is 3.31. The Kier molecular flexibility index (Phi) is 5.98. The Balaban J connectivity index is 1.74. The normalized spacial score (nSPS) is 16.0. The van der Waals surface area contributed by atoms with Crippen molar-refractivity contribution in [1.29, 1.82) is 0 Å². The topological polar surface area (TPSA) is 44.3 Å². The van der Waals surface area contributed by atoms with Crippen molar-refractivity contribution >= 4 is 11.6 Å². The van der Waals surface area contributed by atoms with Crippen LogP contribution < -0.4 is 10.2 Å². The van der Waals surface area contributed by atoms with Gasteiger partial charge in [0.05, 0.1) is 6.04 Å². The van der Waals surface area contributed by atoms with Gasteiger partial charge in [-0.05, 0) is 45.5 Å². The van der Waals surface area contributed by atoms with Gasteiger partial charge in [-0.1, -0.05) is 6.07 Å². The first-order chi connectivity index (χ1) is 12.6. The highest BCUT2D eigenvalue weighted by Gasteiger charge is 2.22. The largest absolute Gasteiger partial charge is 0.368 e. The van der Waals surface area contributed by atoms with Crippen LogP contribution in [0.1, 0.15) is 30.9 Å². The second-order valence-electron chi connectivity index (χ2n) is 6.80. The van der Waals surface area contributed by atoms with E-state index >= 15 is 0 Å². The average Bonchev–Trinajstić information content (AvgIpc) is 2.65. The van der Waals surface area contributed by atoms with Gasteiger partial charge in [0.2, 0.25) is 0 Å². The van der Waals surface area contributed by atoms with Gasteiger partial charge in [-0.2, -0.15) is 0 Å². The molecule has 0 saturated carbocycles. The molecular weight excluding hydrogens is 336 g/mol. The number of nitrogens with one attached hydrogen (secondary N) is 1. The molecule has 26 heavy (non-hydrogen) atoms. The van der Waals surface area contributed by atoms with Gasteiger partial charge in [0.1, 0.15) is 29.6 Å². The van der Waals surface area contributed by atoms with Gasteiger partial charge in [0.15, 0.2) is 0 Å². The van der Waals surface area contributed by atoms with Crippen LogP contribution in [0, 0.1) is 11.6 Å². The summed E-state index contributed by atoms with van der Waals surface area (Å²) in [5.41, 5.74) is 0.0651. The molecule has 1 saturated heterocycles. The van der Waals surface area contributed by atoms with Crippen molar-refractivity contribution in [3.63, 3.8) is 0 Å². The number of likely N-dealkylation sites (N-methyl/N-ethyl adjacent to an activating group) is 1.